The molecule has 4 heteroatoms. The molecule has 27 heavy (non-hydrogen) atoms. The molecule has 3 aliphatic rings. The number of ether oxygens (including phenoxy) is 1. The predicted molar refractivity (Wildman–Crippen MR) is 101 cm³/mol. The zero-order valence-electron chi connectivity index (χ0n) is 16.2. The van der Waals surface area contributed by atoms with Gasteiger partial charge in [-0.25, -0.2) is 0 Å². The van der Waals surface area contributed by atoms with Crippen LogP contribution in [0.25, 0.3) is 0 Å². The first kappa shape index (κ1) is 19.3. The Balaban J connectivity index is 1.36. The maximum atomic E-state index is 12.9. The van der Waals surface area contributed by atoms with Crippen molar-refractivity contribution in [1.82, 2.24) is 0 Å². The molecule has 1 aromatic rings. The molecular formula is C23H31F3O. The Morgan fingerprint density at radius 2 is 1.48 bits per heavy atom. The van der Waals surface area contributed by atoms with Crippen molar-refractivity contribution in [1.29, 1.82) is 0 Å². The summed E-state index contributed by atoms with van der Waals surface area (Å²) in [4.78, 5) is 0. The third-order valence-electron chi connectivity index (χ3n) is 7.41. The van der Waals surface area contributed by atoms with Crippen LogP contribution in [0, 0.1) is 17.8 Å². The van der Waals surface area contributed by atoms with Crippen LogP contribution < -0.4 is 0 Å². The summed E-state index contributed by atoms with van der Waals surface area (Å²) in [7, 11) is 0. The topological polar surface area (TPSA) is 9.23 Å². The van der Waals surface area contributed by atoms with Gasteiger partial charge in [-0.2, -0.15) is 13.2 Å². The second-order valence-corrected chi connectivity index (χ2v) is 9.21. The van der Waals surface area contributed by atoms with Gasteiger partial charge in [-0.05, 0) is 78.9 Å². The van der Waals surface area contributed by atoms with E-state index in [1.165, 1.54) is 56.9 Å². The van der Waals surface area contributed by atoms with Crippen LogP contribution in [-0.4, -0.2) is 12.3 Å². The van der Waals surface area contributed by atoms with Gasteiger partial charge in [0.05, 0.1) is 6.61 Å². The Kier molecular flexibility index (Phi) is 5.55. The van der Waals surface area contributed by atoms with Gasteiger partial charge >= 0.3 is 6.18 Å². The van der Waals surface area contributed by atoms with Crippen molar-refractivity contribution in [2.45, 2.75) is 89.5 Å². The van der Waals surface area contributed by atoms with Crippen molar-refractivity contribution in [3.8, 4) is 0 Å². The average molecular weight is 380 g/mol. The van der Waals surface area contributed by atoms with E-state index in [0.717, 1.165) is 28.9 Å². The van der Waals surface area contributed by atoms with Gasteiger partial charge in [0.1, 0.15) is 0 Å². The van der Waals surface area contributed by atoms with Crippen molar-refractivity contribution in [2.75, 3.05) is 0 Å². The van der Waals surface area contributed by atoms with Crippen LogP contribution >= 0.6 is 0 Å². The van der Waals surface area contributed by atoms with E-state index in [4.69, 9.17) is 4.74 Å². The number of halogens is 3. The Morgan fingerprint density at radius 1 is 0.852 bits per heavy atom. The molecule has 150 valence electrons. The highest BCUT2D eigenvalue weighted by Crippen LogP contribution is 2.44. The molecule has 0 saturated heterocycles. The number of fused-ring (bicyclic) bond motifs is 1. The van der Waals surface area contributed by atoms with Gasteiger partial charge in [0.15, 0.2) is 6.10 Å². The fraction of sp³-hybridized carbons (Fsp3) is 0.739. The summed E-state index contributed by atoms with van der Waals surface area (Å²) in [6.45, 7) is 2.47. The molecule has 2 saturated carbocycles. The molecule has 0 aromatic heterocycles. The molecule has 1 aliphatic heterocycles. The molecule has 1 heterocycles. The van der Waals surface area contributed by atoms with Gasteiger partial charge in [0.25, 0.3) is 0 Å². The molecule has 0 N–H and O–H groups in total. The van der Waals surface area contributed by atoms with Crippen molar-refractivity contribution in [3.63, 3.8) is 0 Å². The molecule has 2 fully saturated rings. The summed E-state index contributed by atoms with van der Waals surface area (Å²) < 4.78 is 43.8. The van der Waals surface area contributed by atoms with Gasteiger partial charge < -0.3 is 4.74 Å². The van der Waals surface area contributed by atoms with Crippen molar-refractivity contribution >= 4 is 0 Å². The maximum absolute atomic E-state index is 12.9. The van der Waals surface area contributed by atoms with Crippen molar-refractivity contribution in [3.05, 3.63) is 34.9 Å². The van der Waals surface area contributed by atoms with Crippen LogP contribution in [0.4, 0.5) is 13.2 Å². The normalized spacial score (nSPS) is 34.9. The smallest absolute Gasteiger partial charge is 0.364 e. The van der Waals surface area contributed by atoms with Gasteiger partial charge in [-0.15, -0.1) is 0 Å². The molecule has 0 amide bonds. The molecule has 2 aliphatic carbocycles. The minimum Gasteiger partial charge on any atom is -0.364 e. The molecule has 1 nitrogen and oxygen atoms in total. The van der Waals surface area contributed by atoms with E-state index in [1.807, 2.05) is 6.07 Å². The Hall–Kier alpha value is -1.03. The van der Waals surface area contributed by atoms with Crippen LogP contribution in [0.5, 0.6) is 0 Å². The van der Waals surface area contributed by atoms with E-state index in [0.29, 0.717) is 5.92 Å². The summed E-state index contributed by atoms with van der Waals surface area (Å²) in [5.41, 5.74) is 3.06. The van der Waals surface area contributed by atoms with E-state index >= 15 is 0 Å². The number of benzene rings is 1. The van der Waals surface area contributed by atoms with Crippen LogP contribution in [0.2, 0.25) is 0 Å². The molecule has 0 spiro atoms. The fourth-order valence-corrected chi connectivity index (χ4v) is 5.57. The third kappa shape index (κ3) is 4.36. The van der Waals surface area contributed by atoms with Gasteiger partial charge in [0.2, 0.25) is 0 Å². The second-order valence-electron chi connectivity index (χ2n) is 9.21. The summed E-state index contributed by atoms with van der Waals surface area (Å²) in [5.74, 6) is 3.29. The van der Waals surface area contributed by atoms with Crippen molar-refractivity contribution < 1.29 is 17.9 Å². The third-order valence-corrected chi connectivity index (χ3v) is 7.41. The number of hydrogen-bond acceptors (Lipinski definition) is 1. The summed E-state index contributed by atoms with van der Waals surface area (Å²) >= 11 is 0. The van der Waals surface area contributed by atoms with E-state index in [1.54, 1.807) is 0 Å². The largest absolute Gasteiger partial charge is 0.414 e. The molecule has 1 atom stereocenters. The lowest BCUT2D eigenvalue weighted by atomic mass is 9.68. The summed E-state index contributed by atoms with van der Waals surface area (Å²) in [6.07, 6.45) is 4.72. The van der Waals surface area contributed by atoms with E-state index in [9.17, 15) is 13.2 Å². The zero-order valence-corrected chi connectivity index (χ0v) is 16.2. The highest BCUT2D eigenvalue weighted by Gasteiger charge is 2.42. The number of rotatable bonds is 2. The lowest BCUT2D eigenvalue weighted by molar-refractivity contribution is -0.226. The summed E-state index contributed by atoms with van der Waals surface area (Å²) in [6, 6.07) is 6.11. The predicted octanol–water partition coefficient (Wildman–Crippen LogP) is 6.79. The minimum atomic E-state index is -4.27. The second kappa shape index (κ2) is 7.77. The summed E-state index contributed by atoms with van der Waals surface area (Å²) in [5, 5.41) is 0. The quantitative estimate of drug-likeness (QED) is 0.549. The van der Waals surface area contributed by atoms with Crippen LogP contribution in [0.1, 0.15) is 80.9 Å². The first-order chi connectivity index (χ1) is 12.9. The number of alkyl halides is 3. The monoisotopic (exact) mass is 380 g/mol. The van der Waals surface area contributed by atoms with E-state index in [2.05, 4.69) is 19.1 Å². The molecule has 1 aromatic carbocycles. The van der Waals surface area contributed by atoms with E-state index < -0.39 is 12.3 Å². The average Bonchev–Trinajstić information content (AvgIpc) is 2.67. The van der Waals surface area contributed by atoms with Crippen LogP contribution in [-0.2, 0) is 17.8 Å². The van der Waals surface area contributed by atoms with Crippen molar-refractivity contribution in [2.24, 2.45) is 17.8 Å². The van der Waals surface area contributed by atoms with E-state index in [-0.39, 0.29) is 13.0 Å². The molecule has 0 radical (unpaired) electrons. The first-order valence-corrected chi connectivity index (χ1v) is 10.7. The maximum Gasteiger partial charge on any atom is 0.414 e. The lowest BCUT2D eigenvalue weighted by Gasteiger charge is -2.37. The lowest BCUT2D eigenvalue weighted by Crippen LogP contribution is -2.36. The number of hydrogen-bond donors (Lipinski definition) is 0. The molecular weight excluding hydrogens is 349 g/mol. The Bertz CT molecular complexity index is 638. The van der Waals surface area contributed by atoms with Crippen LogP contribution in [0.3, 0.4) is 0 Å². The Labute approximate surface area is 160 Å². The minimum absolute atomic E-state index is 0.0496. The van der Waals surface area contributed by atoms with Gasteiger partial charge in [0, 0.05) is 6.42 Å². The van der Waals surface area contributed by atoms with Gasteiger partial charge in [-0.1, -0.05) is 38.0 Å². The molecule has 1 unspecified atom stereocenters. The highest BCUT2D eigenvalue weighted by molar-refractivity contribution is 5.35. The first-order valence-electron chi connectivity index (χ1n) is 10.7. The zero-order chi connectivity index (χ0) is 19.0. The highest BCUT2D eigenvalue weighted by atomic mass is 19.4. The van der Waals surface area contributed by atoms with Crippen LogP contribution in [0.15, 0.2) is 18.2 Å². The Morgan fingerprint density at radius 3 is 2.11 bits per heavy atom. The fourth-order valence-electron chi connectivity index (χ4n) is 5.57. The SMILES string of the molecule is CC1CCC(C2CCC(c3ccc4c(c3)COC(C(F)(F)F)C4)CC2)CC1. The molecule has 0 bridgehead atoms. The molecule has 4 rings (SSSR count). The standard InChI is InChI=1S/C23H31F3O/c1-15-2-4-16(5-3-15)17-6-8-18(9-7-17)19-10-11-20-13-22(23(24,25)26)27-14-21(20)12-19/h10-12,15-18,22H,2-9,13-14H2,1H3. The van der Waals surface area contributed by atoms with Gasteiger partial charge in [-0.3, -0.25) is 0 Å².